The summed E-state index contributed by atoms with van der Waals surface area (Å²) in [5.41, 5.74) is 8.56. The van der Waals surface area contributed by atoms with Gasteiger partial charge in [-0.05, 0) is 37.1 Å². The van der Waals surface area contributed by atoms with Crippen LogP contribution in [0.1, 0.15) is 30.0 Å². The van der Waals surface area contributed by atoms with Crippen molar-refractivity contribution in [2.24, 2.45) is 5.73 Å². The van der Waals surface area contributed by atoms with Crippen LogP contribution >= 0.6 is 0 Å². The maximum atomic E-state index is 5.97. The van der Waals surface area contributed by atoms with E-state index in [1.807, 2.05) is 0 Å². The Morgan fingerprint density at radius 2 is 2.00 bits per heavy atom. The van der Waals surface area contributed by atoms with Crippen molar-refractivity contribution in [2.45, 2.75) is 25.5 Å². The van der Waals surface area contributed by atoms with Gasteiger partial charge in [0.1, 0.15) is 0 Å². The van der Waals surface area contributed by atoms with E-state index in [9.17, 15) is 0 Å². The van der Waals surface area contributed by atoms with Crippen molar-refractivity contribution in [3.63, 3.8) is 0 Å². The molecule has 2 N–H and O–H groups in total. The molecule has 17 heavy (non-hydrogen) atoms. The molecule has 1 aromatic rings. The number of nitrogens with zero attached hydrogens (tertiary/aromatic N) is 1. The van der Waals surface area contributed by atoms with E-state index in [0.717, 1.165) is 0 Å². The van der Waals surface area contributed by atoms with E-state index in [4.69, 9.17) is 10.5 Å². The Kier molecular flexibility index (Phi) is 4.54. The first-order chi connectivity index (χ1) is 8.36. The van der Waals surface area contributed by atoms with Gasteiger partial charge in [-0.25, -0.2) is 0 Å². The highest BCUT2D eigenvalue weighted by atomic mass is 16.5. The summed E-state index contributed by atoms with van der Waals surface area (Å²) in [6.07, 6.45) is 2.59. The van der Waals surface area contributed by atoms with Crippen molar-refractivity contribution in [2.75, 3.05) is 26.7 Å². The second-order valence-corrected chi connectivity index (χ2v) is 4.63. The summed E-state index contributed by atoms with van der Waals surface area (Å²) in [6, 6.07) is 8.83. The van der Waals surface area contributed by atoms with Gasteiger partial charge in [-0.1, -0.05) is 24.3 Å². The third-order valence-electron chi connectivity index (χ3n) is 3.52. The number of likely N-dealkylation sites (tertiary alicyclic amines) is 1. The van der Waals surface area contributed by atoms with E-state index in [1.165, 1.54) is 37.1 Å². The number of nitrogens with two attached hydrogens (primary N) is 1. The first-order valence-electron chi connectivity index (χ1n) is 6.37. The summed E-state index contributed by atoms with van der Waals surface area (Å²) in [4.78, 5) is 2.49. The zero-order valence-electron chi connectivity index (χ0n) is 10.6. The molecular weight excluding hydrogens is 212 g/mol. The Bertz CT molecular complexity index is 348. The van der Waals surface area contributed by atoms with Gasteiger partial charge in [-0.15, -0.1) is 0 Å². The van der Waals surface area contributed by atoms with E-state index in [0.29, 0.717) is 19.2 Å². The molecule has 1 aliphatic rings. The fourth-order valence-corrected chi connectivity index (χ4v) is 2.67. The van der Waals surface area contributed by atoms with Crippen molar-refractivity contribution >= 4 is 0 Å². The molecule has 0 radical (unpaired) electrons. The summed E-state index contributed by atoms with van der Waals surface area (Å²) in [6.45, 7) is 3.69. The van der Waals surface area contributed by atoms with Crippen molar-refractivity contribution in [3.8, 4) is 0 Å². The lowest BCUT2D eigenvalue weighted by molar-refractivity contribution is 0.180. The zero-order valence-corrected chi connectivity index (χ0v) is 10.6. The third kappa shape index (κ3) is 2.86. The largest absolute Gasteiger partial charge is 0.380 e. The molecule has 2 rings (SSSR count). The van der Waals surface area contributed by atoms with Gasteiger partial charge in [0.15, 0.2) is 0 Å². The molecule has 1 fully saturated rings. The standard InChI is InChI=1S/C14H22N2O/c1-17-11-12-6-2-3-7-13(12)14(10-15)16-8-4-5-9-16/h2-3,6-7,14H,4-5,8-11,15H2,1H3. The van der Waals surface area contributed by atoms with Crippen LogP contribution in [0, 0.1) is 0 Å². The molecule has 3 nitrogen and oxygen atoms in total. The van der Waals surface area contributed by atoms with Crippen molar-refractivity contribution in [1.82, 2.24) is 4.90 Å². The molecule has 94 valence electrons. The number of rotatable bonds is 5. The van der Waals surface area contributed by atoms with Gasteiger partial charge in [0.25, 0.3) is 0 Å². The average molecular weight is 234 g/mol. The molecule has 1 saturated heterocycles. The van der Waals surface area contributed by atoms with E-state index < -0.39 is 0 Å². The Morgan fingerprint density at radius 3 is 2.65 bits per heavy atom. The Hall–Kier alpha value is -0.900. The minimum absolute atomic E-state index is 0.351. The normalized spacial score (nSPS) is 18.5. The highest BCUT2D eigenvalue weighted by Gasteiger charge is 2.23. The number of ether oxygens (including phenoxy) is 1. The highest BCUT2D eigenvalue weighted by Crippen LogP contribution is 2.27. The van der Waals surface area contributed by atoms with Crippen LogP contribution in [0.2, 0.25) is 0 Å². The van der Waals surface area contributed by atoms with Gasteiger partial charge in [0.05, 0.1) is 6.61 Å². The molecule has 0 amide bonds. The van der Waals surface area contributed by atoms with Crippen LogP contribution in [0.4, 0.5) is 0 Å². The van der Waals surface area contributed by atoms with E-state index >= 15 is 0 Å². The van der Waals surface area contributed by atoms with Crippen molar-refractivity contribution in [1.29, 1.82) is 0 Å². The molecule has 0 aromatic heterocycles. The topological polar surface area (TPSA) is 38.5 Å². The van der Waals surface area contributed by atoms with Gasteiger partial charge in [0.2, 0.25) is 0 Å². The van der Waals surface area contributed by atoms with Crippen LogP contribution in [-0.2, 0) is 11.3 Å². The summed E-state index contributed by atoms with van der Waals surface area (Å²) < 4.78 is 5.27. The lowest BCUT2D eigenvalue weighted by Gasteiger charge is -2.28. The lowest BCUT2D eigenvalue weighted by atomic mass is 9.99. The second kappa shape index (κ2) is 6.15. The maximum absolute atomic E-state index is 5.97. The fraction of sp³-hybridized carbons (Fsp3) is 0.571. The van der Waals surface area contributed by atoms with Crippen molar-refractivity contribution in [3.05, 3.63) is 35.4 Å². The minimum atomic E-state index is 0.351. The molecule has 1 heterocycles. The third-order valence-corrected chi connectivity index (χ3v) is 3.52. The smallest absolute Gasteiger partial charge is 0.0716 e. The second-order valence-electron chi connectivity index (χ2n) is 4.63. The monoisotopic (exact) mass is 234 g/mol. The van der Waals surface area contributed by atoms with Crippen LogP contribution < -0.4 is 5.73 Å². The van der Waals surface area contributed by atoms with Crippen LogP contribution in [0.25, 0.3) is 0 Å². The molecule has 1 aliphatic heterocycles. The van der Waals surface area contributed by atoms with E-state index in [1.54, 1.807) is 7.11 Å². The number of hydrogen-bond acceptors (Lipinski definition) is 3. The summed E-state index contributed by atoms with van der Waals surface area (Å²) in [7, 11) is 1.74. The van der Waals surface area contributed by atoms with Crippen LogP contribution in [0.3, 0.4) is 0 Å². The highest BCUT2D eigenvalue weighted by molar-refractivity contribution is 5.30. The summed E-state index contributed by atoms with van der Waals surface area (Å²) >= 11 is 0. The molecule has 0 bridgehead atoms. The molecule has 0 spiro atoms. The van der Waals surface area contributed by atoms with Crippen LogP contribution in [-0.4, -0.2) is 31.6 Å². The van der Waals surface area contributed by atoms with Gasteiger partial charge in [-0.2, -0.15) is 0 Å². The summed E-state index contributed by atoms with van der Waals surface area (Å²) in [5.74, 6) is 0. The zero-order chi connectivity index (χ0) is 12.1. The van der Waals surface area contributed by atoms with Gasteiger partial charge in [0, 0.05) is 19.7 Å². The molecule has 1 aromatic carbocycles. The molecule has 1 unspecified atom stereocenters. The van der Waals surface area contributed by atoms with Gasteiger partial charge >= 0.3 is 0 Å². The first-order valence-corrected chi connectivity index (χ1v) is 6.37. The fourth-order valence-electron chi connectivity index (χ4n) is 2.67. The van der Waals surface area contributed by atoms with Gasteiger partial charge < -0.3 is 10.5 Å². The molecule has 0 saturated carbocycles. The van der Waals surface area contributed by atoms with Crippen LogP contribution in [0.15, 0.2) is 24.3 Å². The predicted molar refractivity (Wildman–Crippen MR) is 69.8 cm³/mol. The number of benzene rings is 1. The van der Waals surface area contributed by atoms with Crippen LogP contribution in [0.5, 0.6) is 0 Å². The van der Waals surface area contributed by atoms with Gasteiger partial charge in [-0.3, -0.25) is 4.90 Å². The van der Waals surface area contributed by atoms with E-state index in [-0.39, 0.29) is 0 Å². The Labute approximate surface area is 104 Å². The van der Waals surface area contributed by atoms with E-state index in [2.05, 4.69) is 29.2 Å². The predicted octanol–water partition coefficient (Wildman–Crippen LogP) is 1.93. The molecule has 0 aliphatic carbocycles. The maximum Gasteiger partial charge on any atom is 0.0716 e. The minimum Gasteiger partial charge on any atom is -0.380 e. The first kappa shape index (κ1) is 12.6. The molecular formula is C14H22N2O. The Balaban J connectivity index is 2.22. The molecule has 1 atom stereocenters. The molecule has 3 heteroatoms. The number of hydrogen-bond donors (Lipinski definition) is 1. The average Bonchev–Trinajstić information content (AvgIpc) is 2.86. The number of methoxy groups -OCH3 is 1. The lowest BCUT2D eigenvalue weighted by Crippen LogP contribution is -2.32. The quantitative estimate of drug-likeness (QED) is 0.846. The summed E-state index contributed by atoms with van der Waals surface area (Å²) in [5, 5.41) is 0. The van der Waals surface area contributed by atoms with Crippen molar-refractivity contribution < 1.29 is 4.74 Å². The Morgan fingerprint density at radius 1 is 1.29 bits per heavy atom. The SMILES string of the molecule is COCc1ccccc1C(CN)N1CCCC1.